The molecular weight excluding hydrogens is 348 g/mol. The quantitative estimate of drug-likeness (QED) is 0.447. The first-order valence-electron chi connectivity index (χ1n) is 10.2. The molecule has 0 heterocycles. The molecule has 152 valence electrons. The van der Waals surface area contributed by atoms with E-state index >= 15 is 0 Å². The number of carbonyl (C=O) groups is 1. The topological polar surface area (TPSA) is 118 Å². The van der Waals surface area contributed by atoms with Crippen LogP contribution in [0.4, 0.5) is 0 Å². The highest BCUT2D eigenvalue weighted by Gasteiger charge is 2.73. The highest BCUT2D eigenvalue weighted by Crippen LogP contribution is 2.67. The van der Waals surface area contributed by atoms with E-state index in [1.807, 2.05) is 6.08 Å². The lowest BCUT2D eigenvalue weighted by molar-refractivity contribution is -0.268. The van der Waals surface area contributed by atoms with Crippen LogP contribution in [0.15, 0.2) is 11.6 Å². The van der Waals surface area contributed by atoms with Gasteiger partial charge in [0.2, 0.25) is 0 Å². The average molecular weight is 380 g/mol. The van der Waals surface area contributed by atoms with Crippen LogP contribution in [0, 0.1) is 28.6 Å². The van der Waals surface area contributed by atoms with Crippen molar-refractivity contribution < 1.29 is 30.3 Å². The highest BCUT2D eigenvalue weighted by atomic mass is 16.3. The van der Waals surface area contributed by atoms with Crippen molar-refractivity contribution in [2.45, 2.75) is 76.3 Å². The lowest BCUT2D eigenvalue weighted by atomic mass is 9.43. The summed E-state index contributed by atoms with van der Waals surface area (Å²) in [6.07, 6.45) is 2.11. The summed E-state index contributed by atoms with van der Waals surface area (Å²) < 4.78 is 0. The second kappa shape index (κ2) is 6.10. The number of allylic oxidation sites excluding steroid dienone is 1. The zero-order chi connectivity index (χ0) is 19.8. The molecule has 0 bridgehead atoms. The zero-order valence-corrected chi connectivity index (χ0v) is 16.1. The lowest BCUT2D eigenvalue weighted by Gasteiger charge is -2.64. The largest absolute Gasteiger partial charge is 0.395 e. The molecule has 0 aromatic heterocycles. The number of hydrogen-bond acceptors (Lipinski definition) is 6. The van der Waals surface area contributed by atoms with Gasteiger partial charge in [0.15, 0.2) is 0 Å². The van der Waals surface area contributed by atoms with Gasteiger partial charge in [-0.05, 0) is 51.4 Å². The molecule has 27 heavy (non-hydrogen) atoms. The van der Waals surface area contributed by atoms with E-state index in [1.54, 1.807) is 6.92 Å². The van der Waals surface area contributed by atoms with Crippen molar-refractivity contribution in [1.29, 1.82) is 0 Å². The van der Waals surface area contributed by atoms with E-state index in [4.69, 9.17) is 0 Å². The first kappa shape index (κ1) is 19.5. The van der Waals surface area contributed by atoms with E-state index in [2.05, 4.69) is 0 Å². The number of Topliss-reactive ketones (excluding diaryl/α,β-unsaturated/α-hetero) is 1. The molecule has 0 spiro atoms. The van der Waals surface area contributed by atoms with E-state index in [-0.39, 0.29) is 18.3 Å². The molecule has 0 amide bonds. The molecule has 4 rings (SSSR count). The van der Waals surface area contributed by atoms with Crippen molar-refractivity contribution in [2.75, 3.05) is 6.61 Å². The molecule has 0 aliphatic heterocycles. The van der Waals surface area contributed by atoms with Crippen LogP contribution in [0.3, 0.4) is 0 Å². The fourth-order valence-corrected chi connectivity index (χ4v) is 7.41. The zero-order valence-electron chi connectivity index (χ0n) is 16.1. The van der Waals surface area contributed by atoms with Crippen molar-refractivity contribution in [1.82, 2.24) is 0 Å². The minimum absolute atomic E-state index is 0.0668. The van der Waals surface area contributed by atoms with Crippen LogP contribution < -0.4 is 0 Å². The molecule has 9 unspecified atom stereocenters. The highest BCUT2D eigenvalue weighted by molar-refractivity contribution is 5.80. The van der Waals surface area contributed by atoms with E-state index < -0.39 is 46.6 Å². The third kappa shape index (κ3) is 2.22. The minimum atomic E-state index is -1.27. The fourth-order valence-electron chi connectivity index (χ4n) is 7.41. The number of aliphatic hydroxyl groups excluding tert-OH is 4. The molecule has 6 nitrogen and oxygen atoms in total. The minimum Gasteiger partial charge on any atom is -0.395 e. The van der Waals surface area contributed by atoms with Crippen LogP contribution in [0.25, 0.3) is 0 Å². The van der Waals surface area contributed by atoms with E-state index in [1.165, 1.54) is 6.92 Å². The molecule has 4 aliphatic carbocycles. The summed E-state index contributed by atoms with van der Waals surface area (Å²) in [6.45, 7) is 3.05. The van der Waals surface area contributed by atoms with Gasteiger partial charge >= 0.3 is 0 Å². The number of rotatable bonds is 2. The maximum Gasteiger partial charge on any atom is 0.133 e. The van der Waals surface area contributed by atoms with Crippen LogP contribution in [0.5, 0.6) is 0 Å². The first-order valence-corrected chi connectivity index (χ1v) is 10.2. The van der Waals surface area contributed by atoms with Crippen LogP contribution in [-0.2, 0) is 4.79 Å². The lowest BCUT2D eigenvalue weighted by Crippen LogP contribution is -2.72. The smallest absolute Gasteiger partial charge is 0.133 e. The van der Waals surface area contributed by atoms with E-state index in [0.29, 0.717) is 38.5 Å². The van der Waals surface area contributed by atoms with Crippen molar-refractivity contribution in [3.63, 3.8) is 0 Å². The maximum atomic E-state index is 12.3. The van der Waals surface area contributed by atoms with Gasteiger partial charge in [-0.15, -0.1) is 0 Å². The first-order chi connectivity index (χ1) is 12.6. The molecule has 5 N–H and O–H groups in total. The molecule has 0 aromatic rings. The van der Waals surface area contributed by atoms with Gasteiger partial charge in [0, 0.05) is 22.7 Å². The van der Waals surface area contributed by atoms with Gasteiger partial charge < -0.3 is 25.5 Å². The standard InChI is InChI=1S/C21H32O6/c1-11(23)14-6-8-21(27)15-4-3-12-9-13(24)5-7-20(12,10-22)16(15)17(25)18(26)19(14,21)2/h3,13-18,22,24-27H,4-10H2,1-2H3. The number of carbonyl (C=O) groups excluding carboxylic acids is 1. The second-order valence-electron chi connectivity index (χ2n) is 9.65. The summed E-state index contributed by atoms with van der Waals surface area (Å²) in [5.41, 5.74) is -2.17. The Balaban J connectivity index is 1.85. The van der Waals surface area contributed by atoms with E-state index in [0.717, 1.165) is 5.57 Å². The van der Waals surface area contributed by atoms with Crippen molar-refractivity contribution in [2.24, 2.45) is 28.6 Å². The molecule has 0 saturated heterocycles. The summed E-state index contributed by atoms with van der Waals surface area (Å²) in [5, 5.41) is 54.7. The third-order valence-electron chi connectivity index (χ3n) is 8.87. The predicted molar refractivity (Wildman–Crippen MR) is 97.5 cm³/mol. The van der Waals surface area contributed by atoms with Crippen LogP contribution >= 0.6 is 0 Å². The number of ketones is 1. The molecule has 9 atom stereocenters. The monoisotopic (exact) mass is 380 g/mol. The van der Waals surface area contributed by atoms with Gasteiger partial charge in [-0.1, -0.05) is 18.6 Å². The predicted octanol–water partition coefficient (Wildman–Crippen LogP) is 0.544. The molecule has 0 aromatic carbocycles. The average Bonchev–Trinajstić information content (AvgIpc) is 2.92. The van der Waals surface area contributed by atoms with Gasteiger partial charge in [-0.3, -0.25) is 4.79 Å². The molecule has 4 aliphatic rings. The third-order valence-corrected chi connectivity index (χ3v) is 8.87. The Morgan fingerprint density at radius 3 is 2.56 bits per heavy atom. The Kier molecular flexibility index (Phi) is 4.41. The van der Waals surface area contributed by atoms with Crippen LogP contribution in [-0.4, -0.2) is 61.8 Å². The van der Waals surface area contributed by atoms with Gasteiger partial charge in [0.05, 0.1) is 30.5 Å². The Morgan fingerprint density at radius 2 is 1.93 bits per heavy atom. The molecule has 3 fully saturated rings. The van der Waals surface area contributed by atoms with Crippen LogP contribution in [0.1, 0.15) is 52.4 Å². The fraction of sp³-hybridized carbons (Fsp3) is 0.857. The van der Waals surface area contributed by atoms with Crippen molar-refractivity contribution in [3.05, 3.63) is 11.6 Å². The van der Waals surface area contributed by atoms with Gasteiger partial charge in [0.25, 0.3) is 0 Å². The Hall–Kier alpha value is -0.790. The molecular formula is C21H32O6. The number of aliphatic hydroxyl groups is 5. The van der Waals surface area contributed by atoms with Crippen molar-refractivity contribution >= 4 is 5.78 Å². The second-order valence-corrected chi connectivity index (χ2v) is 9.65. The summed E-state index contributed by atoms with van der Waals surface area (Å²) in [5.74, 6) is -1.38. The summed E-state index contributed by atoms with van der Waals surface area (Å²) in [6, 6.07) is 0. The molecule has 3 saturated carbocycles. The van der Waals surface area contributed by atoms with Gasteiger partial charge in [0.1, 0.15) is 5.78 Å². The number of fused-ring (bicyclic) bond motifs is 5. The SMILES string of the molecule is CC(=O)C1CCC2(O)C3CC=C4CC(O)CCC4(CO)C3C(O)C(O)C12C. The molecule has 0 radical (unpaired) electrons. The van der Waals surface area contributed by atoms with Crippen molar-refractivity contribution in [3.8, 4) is 0 Å². The Labute approximate surface area is 159 Å². The Bertz CT molecular complexity index is 676. The molecule has 6 heteroatoms. The number of hydrogen-bond donors (Lipinski definition) is 5. The summed E-state index contributed by atoms with van der Waals surface area (Å²) in [4.78, 5) is 12.3. The van der Waals surface area contributed by atoms with E-state index in [9.17, 15) is 30.3 Å². The normalized spacial score (nSPS) is 54.6. The van der Waals surface area contributed by atoms with Crippen LogP contribution in [0.2, 0.25) is 0 Å². The van der Waals surface area contributed by atoms with Gasteiger partial charge in [-0.25, -0.2) is 0 Å². The maximum absolute atomic E-state index is 12.3. The Morgan fingerprint density at radius 1 is 1.22 bits per heavy atom. The summed E-state index contributed by atoms with van der Waals surface area (Å²) >= 11 is 0. The summed E-state index contributed by atoms with van der Waals surface area (Å²) in [7, 11) is 0. The van der Waals surface area contributed by atoms with Gasteiger partial charge in [-0.2, -0.15) is 0 Å².